The van der Waals surface area contributed by atoms with Gasteiger partial charge in [-0.1, -0.05) is 0 Å². The number of hydrogen-bond donors (Lipinski definition) is 1. The molecule has 0 bridgehead atoms. The van der Waals surface area contributed by atoms with Crippen molar-refractivity contribution in [3.8, 4) is 0 Å². The second-order valence-electron chi connectivity index (χ2n) is 3.14. The van der Waals surface area contributed by atoms with Gasteiger partial charge in [0.25, 0.3) is 0 Å². The first-order chi connectivity index (χ1) is 7.64. The zero-order chi connectivity index (χ0) is 13.4. The predicted molar refractivity (Wildman–Crippen MR) is 54.6 cm³/mol. The predicted octanol–water partition coefficient (Wildman–Crippen LogP) is -0.691. The van der Waals surface area contributed by atoms with Gasteiger partial charge in [0.05, 0.1) is 21.3 Å². The summed E-state index contributed by atoms with van der Waals surface area (Å²) in [7, 11) is -5.98. The molecule has 1 atom stereocenters. The van der Waals surface area contributed by atoms with E-state index in [0.29, 0.717) is 6.08 Å². The molecule has 5 nitrogen and oxygen atoms in total. The number of hydrogen-bond acceptors (Lipinski definition) is 5. The SMILES string of the molecule is NC1C=C(C(F)(F)F)C(=S(=O)=O)CC1=S(=O)=O. The molecule has 0 saturated heterocycles. The molecule has 1 aliphatic rings. The molecule has 1 rings (SSSR count). The Morgan fingerprint density at radius 3 is 2.06 bits per heavy atom. The Balaban J connectivity index is 3.59. The topological polar surface area (TPSA) is 94.3 Å². The first-order valence-corrected chi connectivity index (χ1v) is 6.24. The smallest absolute Gasteiger partial charge is 0.320 e. The highest BCUT2D eigenvalue weighted by atomic mass is 32.2. The van der Waals surface area contributed by atoms with Crippen LogP contribution in [0.5, 0.6) is 0 Å². The summed E-state index contributed by atoms with van der Waals surface area (Å²) in [5.74, 6) is 0. The molecule has 1 aliphatic carbocycles. The third-order valence-electron chi connectivity index (χ3n) is 2.07. The summed E-state index contributed by atoms with van der Waals surface area (Å²) < 4.78 is 80.0. The van der Waals surface area contributed by atoms with E-state index < -0.39 is 54.5 Å². The number of nitrogens with two attached hydrogens (primary N) is 1. The van der Waals surface area contributed by atoms with Crippen LogP contribution in [0, 0.1) is 0 Å². The molecule has 0 aliphatic heterocycles. The lowest BCUT2D eigenvalue weighted by Gasteiger charge is -2.20. The average Bonchev–Trinajstić information content (AvgIpc) is 2.14. The standard InChI is InChI=1S/C7H6F3NO4S2/c8-7(9,10)3-1-4(11)6(17(14)15)2-5(3)16(12)13/h1,4H,2,11H2. The number of halogens is 3. The van der Waals surface area contributed by atoms with E-state index in [-0.39, 0.29) is 0 Å². The quantitative estimate of drug-likeness (QED) is 0.596. The van der Waals surface area contributed by atoms with Crippen LogP contribution in [0.2, 0.25) is 0 Å². The van der Waals surface area contributed by atoms with E-state index in [9.17, 15) is 30.0 Å². The lowest BCUT2D eigenvalue weighted by Crippen LogP contribution is -2.39. The third kappa shape index (κ3) is 2.96. The minimum atomic E-state index is -4.89. The van der Waals surface area contributed by atoms with Gasteiger partial charge in [0.2, 0.25) is 20.6 Å². The van der Waals surface area contributed by atoms with Gasteiger partial charge in [-0.15, -0.1) is 0 Å². The maximum Gasteiger partial charge on any atom is 0.417 e. The van der Waals surface area contributed by atoms with Gasteiger partial charge in [-0.25, -0.2) is 0 Å². The summed E-state index contributed by atoms with van der Waals surface area (Å²) in [6.07, 6.45) is -5.35. The summed E-state index contributed by atoms with van der Waals surface area (Å²) in [6, 6.07) is -1.46. The molecule has 0 aromatic heterocycles. The van der Waals surface area contributed by atoms with Crippen molar-refractivity contribution >= 4 is 30.3 Å². The van der Waals surface area contributed by atoms with Crippen molar-refractivity contribution in [2.24, 2.45) is 5.73 Å². The summed E-state index contributed by atoms with van der Waals surface area (Å²) in [5.41, 5.74) is 3.80. The Hall–Kier alpha value is -1.13. The van der Waals surface area contributed by atoms with Crippen molar-refractivity contribution < 1.29 is 30.0 Å². The Kier molecular flexibility index (Phi) is 3.79. The van der Waals surface area contributed by atoms with Gasteiger partial charge in [0.15, 0.2) is 0 Å². The van der Waals surface area contributed by atoms with Crippen molar-refractivity contribution in [3.63, 3.8) is 0 Å². The van der Waals surface area contributed by atoms with Gasteiger partial charge in [-0.2, -0.15) is 30.0 Å². The van der Waals surface area contributed by atoms with E-state index in [4.69, 9.17) is 5.73 Å². The van der Waals surface area contributed by atoms with Crippen LogP contribution >= 0.6 is 0 Å². The molecule has 1 unspecified atom stereocenters. The van der Waals surface area contributed by atoms with E-state index in [0.717, 1.165) is 0 Å². The van der Waals surface area contributed by atoms with E-state index in [1.807, 2.05) is 0 Å². The first-order valence-electron chi connectivity index (χ1n) is 4.09. The minimum absolute atomic E-state index is 0.389. The van der Waals surface area contributed by atoms with Crippen LogP contribution in [-0.2, 0) is 20.6 Å². The van der Waals surface area contributed by atoms with Crippen molar-refractivity contribution in [2.75, 3.05) is 0 Å². The van der Waals surface area contributed by atoms with Crippen LogP contribution in [-0.4, -0.2) is 38.8 Å². The van der Waals surface area contributed by atoms with Crippen LogP contribution in [0.15, 0.2) is 11.6 Å². The Morgan fingerprint density at radius 2 is 1.71 bits per heavy atom. The fourth-order valence-electron chi connectivity index (χ4n) is 1.31. The normalized spacial score (nSPS) is 21.2. The average molecular weight is 289 g/mol. The van der Waals surface area contributed by atoms with Crippen LogP contribution in [0.1, 0.15) is 6.42 Å². The van der Waals surface area contributed by atoms with Crippen LogP contribution in [0.3, 0.4) is 0 Å². The lowest BCUT2D eigenvalue weighted by atomic mass is 9.95. The molecule has 0 saturated carbocycles. The van der Waals surface area contributed by atoms with Crippen LogP contribution < -0.4 is 5.73 Å². The minimum Gasteiger partial charge on any atom is -0.320 e. The molecule has 10 heteroatoms. The van der Waals surface area contributed by atoms with Gasteiger partial charge < -0.3 is 5.73 Å². The van der Waals surface area contributed by atoms with Gasteiger partial charge in [0, 0.05) is 6.42 Å². The molecule has 0 amide bonds. The number of allylic oxidation sites excluding steroid dienone is 1. The molecular weight excluding hydrogens is 283 g/mol. The monoisotopic (exact) mass is 289 g/mol. The summed E-state index contributed by atoms with van der Waals surface area (Å²) in [4.78, 5) is -1.50. The Morgan fingerprint density at radius 1 is 1.18 bits per heavy atom. The zero-order valence-electron chi connectivity index (χ0n) is 8.02. The molecular formula is C7H6F3NO4S2. The van der Waals surface area contributed by atoms with E-state index in [1.54, 1.807) is 0 Å². The van der Waals surface area contributed by atoms with E-state index in [2.05, 4.69) is 0 Å². The second kappa shape index (κ2) is 4.63. The fraction of sp³-hybridized carbons (Fsp3) is 0.429. The summed E-state index contributed by atoms with van der Waals surface area (Å²) in [5, 5.41) is 0. The fourth-order valence-corrected chi connectivity index (χ4v) is 2.59. The summed E-state index contributed by atoms with van der Waals surface area (Å²) in [6.45, 7) is 0. The highest BCUT2D eigenvalue weighted by Crippen LogP contribution is 2.30. The van der Waals surface area contributed by atoms with Gasteiger partial charge in [0.1, 0.15) is 0 Å². The first kappa shape index (κ1) is 13.9. The molecule has 0 heterocycles. The zero-order valence-corrected chi connectivity index (χ0v) is 9.66. The Bertz CT molecular complexity index is 623. The maximum atomic E-state index is 12.5. The van der Waals surface area contributed by atoms with Crippen LogP contribution in [0.4, 0.5) is 13.2 Å². The largest absolute Gasteiger partial charge is 0.417 e. The molecule has 0 radical (unpaired) electrons. The molecule has 96 valence electrons. The highest BCUT2D eigenvalue weighted by molar-refractivity contribution is 7.75. The molecule has 0 aromatic rings. The van der Waals surface area contributed by atoms with Crippen molar-refractivity contribution in [3.05, 3.63) is 11.6 Å². The maximum absolute atomic E-state index is 12.5. The Labute approximate surface area is 96.8 Å². The summed E-state index contributed by atoms with van der Waals surface area (Å²) >= 11 is 0. The third-order valence-corrected chi connectivity index (χ3v) is 3.69. The molecule has 0 spiro atoms. The van der Waals surface area contributed by atoms with Gasteiger partial charge >= 0.3 is 6.18 Å². The second-order valence-corrected chi connectivity index (χ2v) is 5.10. The lowest BCUT2D eigenvalue weighted by molar-refractivity contribution is -0.0863. The van der Waals surface area contributed by atoms with Gasteiger partial charge in [-0.3, -0.25) is 0 Å². The molecule has 17 heavy (non-hydrogen) atoms. The number of rotatable bonds is 0. The van der Waals surface area contributed by atoms with Crippen LogP contribution in [0.25, 0.3) is 0 Å². The highest BCUT2D eigenvalue weighted by Gasteiger charge is 2.41. The molecule has 0 aromatic carbocycles. The van der Waals surface area contributed by atoms with Crippen molar-refractivity contribution in [1.29, 1.82) is 0 Å². The molecule has 2 N–H and O–H groups in total. The van der Waals surface area contributed by atoms with Gasteiger partial charge in [-0.05, 0) is 6.08 Å². The van der Waals surface area contributed by atoms with E-state index in [1.165, 1.54) is 0 Å². The van der Waals surface area contributed by atoms with Crippen molar-refractivity contribution in [2.45, 2.75) is 18.6 Å². The number of alkyl halides is 3. The van der Waals surface area contributed by atoms with E-state index >= 15 is 0 Å². The van der Waals surface area contributed by atoms with Crippen molar-refractivity contribution in [1.82, 2.24) is 0 Å². The molecule has 0 fully saturated rings.